The summed E-state index contributed by atoms with van der Waals surface area (Å²) in [4.78, 5) is 0. The van der Waals surface area contributed by atoms with Gasteiger partial charge in [-0.3, -0.25) is 0 Å². The zero-order chi connectivity index (χ0) is 14.0. The van der Waals surface area contributed by atoms with Crippen LogP contribution in [0.5, 0.6) is 5.75 Å². The molecule has 0 unspecified atom stereocenters. The lowest BCUT2D eigenvalue weighted by atomic mass is 10.2. The number of methoxy groups -OCH3 is 1. The van der Waals surface area contributed by atoms with Crippen LogP contribution in [0.25, 0.3) is 0 Å². The third kappa shape index (κ3) is 3.39. The molecule has 2 rings (SSSR count). The van der Waals surface area contributed by atoms with Crippen LogP contribution in [-0.2, 0) is 0 Å². The minimum atomic E-state index is -0.376. The molecule has 0 radical (unpaired) electrons. The van der Waals surface area contributed by atoms with Crippen molar-refractivity contribution in [2.45, 2.75) is 0 Å². The van der Waals surface area contributed by atoms with Gasteiger partial charge in [-0.2, -0.15) is 0 Å². The van der Waals surface area contributed by atoms with Crippen molar-refractivity contribution in [1.29, 1.82) is 0 Å². The Morgan fingerprint density at radius 3 is 2.58 bits per heavy atom. The van der Waals surface area contributed by atoms with Crippen LogP contribution >= 0.6 is 31.9 Å². The van der Waals surface area contributed by atoms with Gasteiger partial charge in [0.05, 0.1) is 23.0 Å². The molecule has 0 spiro atoms. The first-order valence-electron chi connectivity index (χ1n) is 5.35. The molecule has 0 atom stereocenters. The van der Waals surface area contributed by atoms with Crippen molar-refractivity contribution in [3.05, 3.63) is 45.1 Å². The Morgan fingerprint density at radius 1 is 1.16 bits per heavy atom. The van der Waals surface area contributed by atoms with Gasteiger partial charge in [-0.25, -0.2) is 4.39 Å². The normalized spacial score (nSPS) is 10.3. The van der Waals surface area contributed by atoms with Crippen LogP contribution in [0.15, 0.2) is 39.3 Å². The molecule has 0 aromatic heterocycles. The van der Waals surface area contributed by atoms with Crippen molar-refractivity contribution < 1.29 is 9.13 Å². The van der Waals surface area contributed by atoms with Crippen molar-refractivity contribution in [3.63, 3.8) is 0 Å². The molecular formula is C13H11Br2FN2O. The lowest BCUT2D eigenvalue weighted by molar-refractivity contribution is 0.415. The first kappa shape index (κ1) is 14.1. The summed E-state index contributed by atoms with van der Waals surface area (Å²) in [5.74, 6) is 0.312. The van der Waals surface area contributed by atoms with E-state index in [0.717, 1.165) is 10.2 Å². The van der Waals surface area contributed by atoms with Crippen molar-refractivity contribution in [1.82, 2.24) is 0 Å². The zero-order valence-electron chi connectivity index (χ0n) is 10.0. The second-order valence-corrected chi connectivity index (χ2v) is 5.63. The fourth-order valence-corrected chi connectivity index (χ4v) is 2.41. The number of ether oxygens (including phenoxy) is 1. The van der Waals surface area contributed by atoms with Gasteiger partial charge < -0.3 is 15.8 Å². The molecule has 0 amide bonds. The van der Waals surface area contributed by atoms with Gasteiger partial charge in [0.15, 0.2) is 0 Å². The number of nitrogens with one attached hydrogen (secondary N) is 1. The summed E-state index contributed by atoms with van der Waals surface area (Å²) in [6.45, 7) is 0. The van der Waals surface area contributed by atoms with Gasteiger partial charge in [0, 0.05) is 22.3 Å². The van der Waals surface area contributed by atoms with E-state index in [2.05, 4.69) is 37.2 Å². The van der Waals surface area contributed by atoms with Crippen molar-refractivity contribution in [3.8, 4) is 5.75 Å². The fraction of sp³-hybridized carbons (Fsp3) is 0.0769. The van der Waals surface area contributed by atoms with Gasteiger partial charge in [0.25, 0.3) is 0 Å². The summed E-state index contributed by atoms with van der Waals surface area (Å²) < 4.78 is 19.9. The fourth-order valence-electron chi connectivity index (χ4n) is 1.58. The number of benzene rings is 2. The van der Waals surface area contributed by atoms with Gasteiger partial charge in [-0.1, -0.05) is 15.9 Å². The van der Waals surface area contributed by atoms with Crippen LogP contribution in [0.4, 0.5) is 21.5 Å². The van der Waals surface area contributed by atoms with Crippen LogP contribution in [0.1, 0.15) is 0 Å². The maximum absolute atomic E-state index is 13.5. The Balaban J connectivity index is 2.36. The molecule has 0 heterocycles. The third-order valence-corrected chi connectivity index (χ3v) is 3.54. The number of rotatable bonds is 3. The zero-order valence-corrected chi connectivity index (χ0v) is 13.2. The van der Waals surface area contributed by atoms with Gasteiger partial charge in [-0.05, 0) is 34.1 Å². The Kier molecular flexibility index (Phi) is 4.31. The molecule has 2 aromatic carbocycles. The molecule has 3 N–H and O–H groups in total. The minimum absolute atomic E-state index is 0.336. The van der Waals surface area contributed by atoms with E-state index in [-0.39, 0.29) is 5.82 Å². The third-order valence-electron chi connectivity index (χ3n) is 2.48. The molecule has 19 heavy (non-hydrogen) atoms. The Bertz CT molecular complexity index is 620. The average molecular weight is 390 g/mol. The quantitative estimate of drug-likeness (QED) is 0.749. The highest BCUT2D eigenvalue weighted by molar-refractivity contribution is 9.10. The van der Waals surface area contributed by atoms with E-state index < -0.39 is 0 Å². The smallest absolute Gasteiger partial charge is 0.139 e. The first-order chi connectivity index (χ1) is 8.99. The van der Waals surface area contributed by atoms with E-state index in [1.807, 2.05) is 12.1 Å². The molecular weight excluding hydrogens is 379 g/mol. The van der Waals surface area contributed by atoms with E-state index in [1.54, 1.807) is 13.2 Å². The van der Waals surface area contributed by atoms with Crippen molar-refractivity contribution in [2.24, 2.45) is 0 Å². The van der Waals surface area contributed by atoms with Crippen LogP contribution < -0.4 is 15.8 Å². The summed E-state index contributed by atoms with van der Waals surface area (Å²) in [6, 6.07) is 8.34. The molecule has 100 valence electrons. The molecule has 6 heteroatoms. The van der Waals surface area contributed by atoms with Crippen LogP contribution in [-0.4, -0.2) is 7.11 Å². The number of halogens is 3. The summed E-state index contributed by atoms with van der Waals surface area (Å²) in [5.41, 5.74) is 7.55. The first-order valence-corrected chi connectivity index (χ1v) is 6.94. The number of anilines is 3. The van der Waals surface area contributed by atoms with Gasteiger partial charge in [-0.15, -0.1) is 0 Å². The summed E-state index contributed by atoms with van der Waals surface area (Å²) in [5, 5.41) is 3.06. The van der Waals surface area contributed by atoms with E-state index in [0.29, 0.717) is 21.6 Å². The minimum Gasteiger partial charge on any atom is -0.497 e. The van der Waals surface area contributed by atoms with Crippen molar-refractivity contribution >= 4 is 48.9 Å². The Hall–Kier alpha value is -1.27. The molecule has 0 fully saturated rings. The molecule has 0 bridgehead atoms. The van der Waals surface area contributed by atoms with Crippen LogP contribution in [0, 0.1) is 5.82 Å². The maximum Gasteiger partial charge on any atom is 0.139 e. The van der Waals surface area contributed by atoms with E-state index in [9.17, 15) is 4.39 Å². The summed E-state index contributed by atoms with van der Waals surface area (Å²) >= 11 is 6.47. The molecule has 0 aliphatic rings. The Labute approximate surface area is 127 Å². The molecule has 0 saturated heterocycles. The average Bonchev–Trinajstić information content (AvgIpc) is 2.35. The topological polar surface area (TPSA) is 47.3 Å². The highest BCUT2D eigenvalue weighted by atomic mass is 79.9. The Morgan fingerprint density at radius 2 is 1.89 bits per heavy atom. The monoisotopic (exact) mass is 388 g/mol. The SMILES string of the molecule is COc1cc(Br)cc(Nc2cc(F)c(Br)cc2N)c1. The number of nitrogen functional groups attached to an aromatic ring is 1. The van der Waals surface area contributed by atoms with E-state index in [1.165, 1.54) is 12.1 Å². The highest BCUT2D eigenvalue weighted by Gasteiger charge is 2.07. The largest absolute Gasteiger partial charge is 0.497 e. The molecule has 0 saturated carbocycles. The lowest BCUT2D eigenvalue weighted by Crippen LogP contribution is -1.98. The highest BCUT2D eigenvalue weighted by Crippen LogP contribution is 2.31. The second-order valence-electron chi connectivity index (χ2n) is 3.86. The molecule has 2 aromatic rings. The summed E-state index contributed by atoms with van der Waals surface area (Å²) in [7, 11) is 1.58. The number of hydrogen-bond donors (Lipinski definition) is 2. The van der Waals surface area contributed by atoms with Gasteiger partial charge in [0.2, 0.25) is 0 Å². The lowest BCUT2D eigenvalue weighted by Gasteiger charge is -2.12. The van der Waals surface area contributed by atoms with Crippen molar-refractivity contribution in [2.75, 3.05) is 18.2 Å². The standard InChI is InChI=1S/C13H11Br2FN2O/c1-19-9-3-7(14)2-8(4-9)18-13-6-11(16)10(15)5-12(13)17/h2-6,18H,17H2,1H3. The second kappa shape index (κ2) is 5.79. The van der Waals surface area contributed by atoms with Crippen LogP contribution in [0.2, 0.25) is 0 Å². The molecule has 3 nitrogen and oxygen atoms in total. The number of hydrogen-bond acceptors (Lipinski definition) is 3. The van der Waals surface area contributed by atoms with Gasteiger partial charge in [0.1, 0.15) is 11.6 Å². The maximum atomic E-state index is 13.5. The van der Waals surface area contributed by atoms with E-state index >= 15 is 0 Å². The number of nitrogens with two attached hydrogens (primary N) is 1. The molecule has 0 aliphatic carbocycles. The van der Waals surface area contributed by atoms with E-state index in [4.69, 9.17) is 10.5 Å². The molecule has 0 aliphatic heterocycles. The predicted molar refractivity (Wildman–Crippen MR) is 82.5 cm³/mol. The van der Waals surface area contributed by atoms with Gasteiger partial charge >= 0.3 is 0 Å². The van der Waals surface area contributed by atoms with Crippen LogP contribution in [0.3, 0.4) is 0 Å². The predicted octanol–water partition coefficient (Wildman–Crippen LogP) is 4.69. The summed E-state index contributed by atoms with van der Waals surface area (Å²) in [6.07, 6.45) is 0.